The molecular formula is C11H11N2O2. The number of aromatic nitrogens is 1. The van der Waals surface area contributed by atoms with E-state index >= 15 is 0 Å². The zero-order valence-corrected chi connectivity index (χ0v) is 8.03. The first kappa shape index (κ1) is 9.73. The van der Waals surface area contributed by atoms with Crippen LogP contribution in [0.5, 0.6) is 0 Å². The number of nitrogens with one attached hydrogen (secondary N) is 2. The third kappa shape index (κ3) is 1.85. The van der Waals surface area contributed by atoms with Crippen LogP contribution in [0.3, 0.4) is 0 Å². The number of aliphatic carboxylic acids is 1. The Morgan fingerprint density at radius 2 is 2.20 bits per heavy atom. The van der Waals surface area contributed by atoms with Gasteiger partial charge in [-0.05, 0) is 11.6 Å². The highest BCUT2D eigenvalue weighted by molar-refractivity contribution is 5.84. The molecule has 0 bridgehead atoms. The molecule has 0 saturated carbocycles. The van der Waals surface area contributed by atoms with Crippen molar-refractivity contribution in [2.75, 3.05) is 0 Å². The van der Waals surface area contributed by atoms with Crippen LogP contribution in [-0.2, 0) is 11.2 Å². The number of carboxylic acid groups (broad SMARTS) is 1. The van der Waals surface area contributed by atoms with E-state index in [2.05, 4.69) is 4.98 Å². The molecule has 0 unspecified atom stereocenters. The first-order chi connectivity index (χ1) is 7.18. The van der Waals surface area contributed by atoms with Crippen molar-refractivity contribution < 1.29 is 9.90 Å². The molecule has 4 heteroatoms. The quantitative estimate of drug-likeness (QED) is 0.791. The minimum absolute atomic E-state index is 0.235. The van der Waals surface area contributed by atoms with E-state index in [0.717, 1.165) is 16.5 Å². The van der Waals surface area contributed by atoms with Crippen molar-refractivity contribution in [3.63, 3.8) is 0 Å². The van der Waals surface area contributed by atoms with Crippen LogP contribution in [0.2, 0.25) is 0 Å². The average molecular weight is 203 g/mol. The lowest BCUT2D eigenvalue weighted by Crippen LogP contribution is -2.23. The van der Waals surface area contributed by atoms with Gasteiger partial charge in [-0.15, -0.1) is 0 Å². The van der Waals surface area contributed by atoms with E-state index in [-0.39, 0.29) is 6.42 Å². The molecule has 1 atom stereocenters. The maximum atomic E-state index is 10.6. The van der Waals surface area contributed by atoms with E-state index in [1.807, 2.05) is 24.3 Å². The summed E-state index contributed by atoms with van der Waals surface area (Å²) in [4.78, 5) is 13.6. The van der Waals surface area contributed by atoms with Crippen LogP contribution in [0.4, 0.5) is 0 Å². The van der Waals surface area contributed by atoms with Gasteiger partial charge in [-0.1, -0.05) is 18.2 Å². The van der Waals surface area contributed by atoms with Gasteiger partial charge in [-0.2, -0.15) is 0 Å². The summed E-state index contributed by atoms with van der Waals surface area (Å²) in [7, 11) is 0. The third-order valence-electron chi connectivity index (χ3n) is 2.40. The number of hydrogen-bond donors (Lipinski definition) is 2. The average Bonchev–Trinajstić information content (AvgIpc) is 2.62. The molecule has 2 aromatic rings. The van der Waals surface area contributed by atoms with E-state index in [9.17, 15) is 4.79 Å². The molecule has 0 amide bonds. The minimum atomic E-state index is -1.09. The highest BCUT2D eigenvalue weighted by atomic mass is 16.4. The fourth-order valence-electron chi connectivity index (χ4n) is 1.61. The molecule has 0 aliphatic carbocycles. The lowest BCUT2D eigenvalue weighted by Gasteiger charge is -2.03. The smallest absolute Gasteiger partial charge is 0.322 e. The summed E-state index contributed by atoms with van der Waals surface area (Å²) in [6, 6.07) is 6.58. The normalized spacial score (nSPS) is 12.9. The van der Waals surface area contributed by atoms with Crippen molar-refractivity contribution in [2.45, 2.75) is 12.5 Å². The zero-order valence-electron chi connectivity index (χ0n) is 8.03. The molecule has 1 radical (unpaired) electrons. The second kappa shape index (κ2) is 3.74. The number of aromatic amines is 1. The van der Waals surface area contributed by atoms with E-state index < -0.39 is 12.0 Å². The third-order valence-corrected chi connectivity index (χ3v) is 2.40. The SMILES string of the molecule is [NH][C@H](Cc1c[nH]c2ccccc12)C(=O)O. The van der Waals surface area contributed by atoms with Crippen molar-refractivity contribution >= 4 is 16.9 Å². The summed E-state index contributed by atoms with van der Waals surface area (Å²) < 4.78 is 0. The van der Waals surface area contributed by atoms with E-state index in [0.29, 0.717) is 0 Å². The summed E-state index contributed by atoms with van der Waals surface area (Å²) in [6.45, 7) is 0. The maximum absolute atomic E-state index is 10.6. The van der Waals surface area contributed by atoms with E-state index in [4.69, 9.17) is 10.8 Å². The lowest BCUT2D eigenvalue weighted by molar-refractivity contribution is -0.138. The number of rotatable bonds is 3. The molecule has 0 saturated heterocycles. The number of carboxylic acids is 1. The number of fused-ring (bicyclic) bond motifs is 1. The standard InChI is InChI=1S/C11H11N2O2/c12-9(11(14)15)5-7-6-13-10-4-2-1-3-8(7)10/h1-4,6,9,12-13H,5H2,(H,14,15)/t9-/m1/s1. The Bertz CT molecular complexity index is 490. The van der Waals surface area contributed by atoms with Crippen molar-refractivity contribution in [1.29, 1.82) is 0 Å². The predicted octanol–water partition coefficient (Wildman–Crippen LogP) is 1.45. The number of benzene rings is 1. The van der Waals surface area contributed by atoms with E-state index in [1.54, 1.807) is 6.20 Å². The molecule has 2 rings (SSSR count). The Hall–Kier alpha value is -1.81. The topological polar surface area (TPSA) is 76.9 Å². The number of para-hydroxylation sites is 1. The van der Waals surface area contributed by atoms with Gasteiger partial charge >= 0.3 is 5.97 Å². The predicted molar refractivity (Wildman–Crippen MR) is 56.5 cm³/mol. The molecule has 4 nitrogen and oxygen atoms in total. The van der Waals surface area contributed by atoms with Gasteiger partial charge in [0.15, 0.2) is 0 Å². The Morgan fingerprint density at radius 1 is 1.47 bits per heavy atom. The summed E-state index contributed by atoms with van der Waals surface area (Å²) >= 11 is 0. The molecular weight excluding hydrogens is 192 g/mol. The van der Waals surface area contributed by atoms with Gasteiger partial charge in [0.25, 0.3) is 0 Å². The van der Waals surface area contributed by atoms with Crippen LogP contribution in [0, 0.1) is 0 Å². The van der Waals surface area contributed by atoms with Crippen LogP contribution in [0.1, 0.15) is 5.56 Å². The van der Waals surface area contributed by atoms with Crippen molar-refractivity contribution in [1.82, 2.24) is 10.7 Å². The van der Waals surface area contributed by atoms with Crippen molar-refractivity contribution in [3.8, 4) is 0 Å². The monoisotopic (exact) mass is 203 g/mol. The molecule has 77 valence electrons. The first-order valence-electron chi connectivity index (χ1n) is 4.67. The van der Waals surface area contributed by atoms with Gasteiger partial charge in [-0.3, -0.25) is 4.79 Å². The number of carbonyl (C=O) groups is 1. The molecule has 0 aliphatic heterocycles. The van der Waals surface area contributed by atoms with Gasteiger partial charge in [0.05, 0.1) is 0 Å². The van der Waals surface area contributed by atoms with Crippen LogP contribution in [0.25, 0.3) is 10.9 Å². The Balaban J connectivity index is 2.32. The fraction of sp³-hybridized carbons (Fsp3) is 0.182. The zero-order chi connectivity index (χ0) is 10.8. The van der Waals surface area contributed by atoms with Crippen LogP contribution in [-0.4, -0.2) is 22.1 Å². The molecule has 3 N–H and O–H groups in total. The number of H-pyrrole nitrogens is 1. The van der Waals surface area contributed by atoms with Gasteiger partial charge in [-0.25, -0.2) is 5.73 Å². The molecule has 0 aliphatic rings. The van der Waals surface area contributed by atoms with Gasteiger partial charge in [0.2, 0.25) is 0 Å². The van der Waals surface area contributed by atoms with Gasteiger partial charge in [0.1, 0.15) is 6.04 Å². The first-order valence-corrected chi connectivity index (χ1v) is 4.67. The van der Waals surface area contributed by atoms with Crippen LogP contribution >= 0.6 is 0 Å². The van der Waals surface area contributed by atoms with E-state index in [1.165, 1.54) is 0 Å². The van der Waals surface area contributed by atoms with Gasteiger partial charge < -0.3 is 10.1 Å². The molecule has 1 aromatic heterocycles. The fourth-order valence-corrected chi connectivity index (χ4v) is 1.61. The second-order valence-electron chi connectivity index (χ2n) is 3.45. The molecule has 1 heterocycles. The van der Waals surface area contributed by atoms with Crippen molar-refractivity contribution in [2.24, 2.45) is 0 Å². The lowest BCUT2D eigenvalue weighted by atomic mass is 10.1. The molecule has 0 spiro atoms. The Morgan fingerprint density at radius 3 is 2.93 bits per heavy atom. The second-order valence-corrected chi connectivity index (χ2v) is 3.45. The minimum Gasteiger partial charge on any atom is -0.480 e. The number of hydrogen-bond acceptors (Lipinski definition) is 1. The van der Waals surface area contributed by atoms with Crippen LogP contribution < -0.4 is 5.73 Å². The van der Waals surface area contributed by atoms with Crippen molar-refractivity contribution in [3.05, 3.63) is 36.0 Å². The largest absolute Gasteiger partial charge is 0.480 e. The molecule has 1 aromatic carbocycles. The van der Waals surface area contributed by atoms with Gasteiger partial charge in [0, 0.05) is 23.5 Å². The Labute approximate surface area is 86.7 Å². The highest BCUT2D eigenvalue weighted by Crippen LogP contribution is 2.18. The maximum Gasteiger partial charge on any atom is 0.322 e. The van der Waals surface area contributed by atoms with Crippen LogP contribution in [0.15, 0.2) is 30.5 Å². The highest BCUT2D eigenvalue weighted by Gasteiger charge is 2.15. The summed E-state index contributed by atoms with van der Waals surface area (Å²) in [6.07, 6.45) is 2.01. The summed E-state index contributed by atoms with van der Waals surface area (Å²) in [5.41, 5.74) is 9.22. The molecule has 15 heavy (non-hydrogen) atoms. The summed E-state index contributed by atoms with van der Waals surface area (Å²) in [5.74, 6) is -1.08. The summed E-state index contributed by atoms with van der Waals surface area (Å²) in [5, 5.41) is 9.65. The molecule has 0 fully saturated rings. The Kier molecular flexibility index (Phi) is 2.43.